The summed E-state index contributed by atoms with van der Waals surface area (Å²) in [6.45, 7) is 4.96. The minimum atomic E-state index is -4.71. The highest BCUT2D eigenvalue weighted by atomic mass is 19.4. The van der Waals surface area contributed by atoms with Crippen molar-refractivity contribution in [2.75, 3.05) is 0 Å². The monoisotopic (exact) mass is 185 g/mol. The van der Waals surface area contributed by atoms with Crippen LogP contribution in [0.3, 0.4) is 0 Å². The molecule has 5 heteroatoms. The Balaban J connectivity index is 4.53. The van der Waals surface area contributed by atoms with Crippen LogP contribution in [0.5, 0.6) is 0 Å². The van der Waals surface area contributed by atoms with Gasteiger partial charge in [0.2, 0.25) is 0 Å². The quantitative estimate of drug-likeness (QED) is 0.518. The average Bonchev–Trinajstić information content (AvgIpc) is 1.80. The molecule has 0 saturated heterocycles. The predicted octanol–water partition coefficient (Wildman–Crippen LogP) is 2.18. The lowest BCUT2D eigenvalue weighted by Crippen LogP contribution is -2.45. The highest BCUT2D eigenvalue weighted by molar-refractivity contribution is 5.14. The lowest BCUT2D eigenvalue weighted by Gasteiger charge is -2.26. The van der Waals surface area contributed by atoms with Gasteiger partial charge in [0, 0.05) is 5.54 Å². The van der Waals surface area contributed by atoms with Crippen LogP contribution in [-0.4, -0.2) is 17.9 Å². The number of rotatable bonds is 2. The molecule has 0 rings (SSSR count). The molecule has 0 amide bonds. The lowest BCUT2D eigenvalue weighted by molar-refractivity contribution is -0.103. The molecule has 0 aromatic heterocycles. The van der Waals surface area contributed by atoms with Crippen molar-refractivity contribution >= 4 is 0 Å². The van der Waals surface area contributed by atoms with E-state index in [4.69, 9.17) is 5.73 Å². The molecule has 72 valence electrons. The number of nitrogens with two attached hydrogens (primary N) is 1. The Hall–Kier alpha value is -0.580. The van der Waals surface area contributed by atoms with Crippen molar-refractivity contribution in [1.29, 1.82) is 0 Å². The molecule has 2 N–H and O–H groups in total. The van der Waals surface area contributed by atoms with Crippen LogP contribution in [0.1, 0.15) is 13.8 Å². The SMILES string of the molecule is C=C(C(F)C(C)(C)N)C(F)(F)F. The maximum Gasteiger partial charge on any atom is 0.414 e. The maximum absolute atomic E-state index is 12.9. The minimum Gasteiger partial charge on any atom is -0.323 e. The minimum absolute atomic E-state index is 1.18. The number of hydrogen-bond donors (Lipinski definition) is 1. The van der Waals surface area contributed by atoms with Gasteiger partial charge in [-0.3, -0.25) is 0 Å². The second-order valence-electron chi connectivity index (χ2n) is 3.21. The molecule has 0 aliphatic carbocycles. The Morgan fingerprint density at radius 1 is 1.33 bits per heavy atom. The Labute approximate surface area is 68.2 Å². The van der Waals surface area contributed by atoms with Crippen LogP contribution in [0.15, 0.2) is 12.2 Å². The van der Waals surface area contributed by atoms with Gasteiger partial charge < -0.3 is 5.73 Å². The van der Waals surface area contributed by atoms with Crippen LogP contribution in [-0.2, 0) is 0 Å². The Morgan fingerprint density at radius 3 is 1.75 bits per heavy atom. The molecule has 0 aromatic rings. The van der Waals surface area contributed by atoms with Crippen LogP contribution in [0.25, 0.3) is 0 Å². The van der Waals surface area contributed by atoms with E-state index in [0.29, 0.717) is 0 Å². The molecule has 0 bridgehead atoms. The third-order valence-electron chi connectivity index (χ3n) is 1.32. The fraction of sp³-hybridized carbons (Fsp3) is 0.714. The van der Waals surface area contributed by atoms with Gasteiger partial charge in [-0.1, -0.05) is 6.58 Å². The van der Waals surface area contributed by atoms with Gasteiger partial charge >= 0.3 is 6.18 Å². The largest absolute Gasteiger partial charge is 0.414 e. The smallest absolute Gasteiger partial charge is 0.323 e. The van der Waals surface area contributed by atoms with Gasteiger partial charge in [-0.2, -0.15) is 13.2 Å². The summed E-state index contributed by atoms with van der Waals surface area (Å²) in [4.78, 5) is 0. The van der Waals surface area contributed by atoms with Crippen LogP contribution in [0.2, 0.25) is 0 Å². The van der Waals surface area contributed by atoms with Crippen molar-refractivity contribution in [3.8, 4) is 0 Å². The van der Waals surface area contributed by atoms with Crippen molar-refractivity contribution < 1.29 is 17.6 Å². The van der Waals surface area contributed by atoms with Crippen molar-refractivity contribution in [3.63, 3.8) is 0 Å². The fourth-order valence-electron chi connectivity index (χ4n) is 0.593. The fourth-order valence-corrected chi connectivity index (χ4v) is 0.593. The van der Waals surface area contributed by atoms with Gasteiger partial charge in [-0.05, 0) is 13.8 Å². The van der Waals surface area contributed by atoms with Crippen LogP contribution in [0, 0.1) is 0 Å². The van der Waals surface area contributed by atoms with Crippen molar-refractivity contribution in [2.24, 2.45) is 5.73 Å². The Bertz CT molecular complexity index is 177. The third-order valence-corrected chi connectivity index (χ3v) is 1.32. The van der Waals surface area contributed by atoms with E-state index in [1.165, 1.54) is 13.8 Å². The van der Waals surface area contributed by atoms with Gasteiger partial charge in [-0.25, -0.2) is 4.39 Å². The molecular formula is C7H11F4N. The van der Waals surface area contributed by atoms with Gasteiger partial charge in [-0.15, -0.1) is 0 Å². The predicted molar refractivity (Wildman–Crippen MR) is 38.4 cm³/mol. The number of alkyl halides is 4. The molecule has 0 spiro atoms. The lowest BCUT2D eigenvalue weighted by atomic mass is 9.94. The highest BCUT2D eigenvalue weighted by Crippen LogP contribution is 2.31. The second-order valence-corrected chi connectivity index (χ2v) is 3.21. The molecule has 1 nitrogen and oxygen atoms in total. The zero-order chi connectivity index (χ0) is 10.2. The summed E-state index contributed by atoms with van der Waals surface area (Å²) >= 11 is 0. The summed E-state index contributed by atoms with van der Waals surface area (Å²) in [7, 11) is 0. The van der Waals surface area contributed by atoms with E-state index in [-0.39, 0.29) is 0 Å². The molecule has 0 aromatic carbocycles. The zero-order valence-electron chi connectivity index (χ0n) is 6.87. The normalized spacial score (nSPS) is 15.9. The molecule has 0 heterocycles. The average molecular weight is 185 g/mol. The molecule has 0 radical (unpaired) electrons. The van der Waals surface area contributed by atoms with E-state index in [1.54, 1.807) is 0 Å². The van der Waals surface area contributed by atoms with Crippen molar-refractivity contribution in [2.45, 2.75) is 31.7 Å². The molecule has 0 aliphatic heterocycles. The molecule has 0 aliphatic rings. The van der Waals surface area contributed by atoms with Gasteiger partial charge in [0.15, 0.2) is 0 Å². The highest BCUT2D eigenvalue weighted by Gasteiger charge is 2.42. The molecule has 1 unspecified atom stereocenters. The van der Waals surface area contributed by atoms with Gasteiger partial charge in [0.25, 0.3) is 0 Å². The summed E-state index contributed by atoms with van der Waals surface area (Å²) in [5.74, 6) is 0. The first-order valence-electron chi connectivity index (χ1n) is 3.25. The summed E-state index contributed by atoms with van der Waals surface area (Å²) < 4.78 is 48.4. The molecule has 12 heavy (non-hydrogen) atoms. The van der Waals surface area contributed by atoms with E-state index in [0.717, 1.165) is 0 Å². The first-order chi connectivity index (χ1) is 5.07. The van der Waals surface area contributed by atoms with E-state index < -0.39 is 23.5 Å². The second kappa shape index (κ2) is 3.05. The molecule has 0 saturated carbocycles. The zero-order valence-corrected chi connectivity index (χ0v) is 6.87. The summed E-state index contributed by atoms with van der Waals surface area (Å²) in [6, 6.07) is 0. The summed E-state index contributed by atoms with van der Waals surface area (Å²) in [5.41, 5.74) is 2.16. The number of halogens is 4. The van der Waals surface area contributed by atoms with E-state index >= 15 is 0 Å². The van der Waals surface area contributed by atoms with Gasteiger partial charge in [0.05, 0.1) is 5.57 Å². The third kappa shape index (κ3) is 2.81. The van der Waals surface area contributed by atoms with E-state index in [1.807, 2.05) is 0 Å². The van der Waals surface area contributed by atoms with Crippen LogP contribution < -0.4 is 5.73 Å². The molecular weight excluding hydrogens is 174 g/mol. The summed E-state index contributed by atoms with van der Waals surface area (Å²) in [5, 5.41) is 0. The van der Waals surface area contributed by atoms with E-state index in [2.05, 4.69) is 6.58 Å². The molecule has 1 atom stereocenters. The standard InChI is InChI=1S/C7H11F4N/c1-4(7(9,10)11)5(8)6(2,3)12/h5H,1,12H2,2-3H3. The van der Waals surface area contributed by atoms with Crippen molar-refractivity contribution in [3.05, 3.63) is 12.2 Å². The number of hydrogen-bond acceptors (Lipinski definition) is 1. The maximum atomic E-state index is 12.9. The van der Waals surface area contributed by atoms with Gasteiger partial charge in [0.1, 0.15) is 6.17 Å². The topological polar surface area (TPSA) is 26.0 Å². The summed E-state index contributed by atoms with van der Waals surface area (Å²) in [6.07, 6.45) is -6.98. The first kappa shape index (κ1) is 11.4. The van der Waals surface area contributed by atoms with Crippen LogP contribution >= 0.6 is 0 Å². The van der Waals surface area contributed by atoms with E-state index in [9.17, 15) is 17.6 Å². The van der Waals surface area contributed by atoms with Crippen molar-refractivity contribution in [1.82, 2.24) is 0 Å². The first-order valence-corrected chi connectivity index (χ1v) is 3.25. The van der Waals surface area contributed by atoms with Crippen LogP contribution in [0.4, 0.5) is 17.6 Å². The Kier molecular flexibility index (Phi) is 2.90. The molecule has 0 fully saturated rings. The Morgan fingerprint density at radius 2 is 1.67 bits per heavy atom.